The van der Waals surface area contributed by atoms with Gasteiger partial charge < -0.3 is 9.42 Å². The van der Waals surface area contributed by atoms with Crippen LogP contribution >= 0.6 is 0 Å². The zero-order valence-electron chi connectivity index (χ0n) is 15.3. The lowest BCUT2D eigenvalue weighted by Gasteiger charge is -2.34. The minimum Gasteiger partial charge on any atom is -0.353 e. The number of hydrogen-bond acceptors (Lipinski definition) is 8. The third-order valence-electron chi connectivity index (χ3n) is 4.47. The van der Waals surface area contributed by atoms with Gasteiger partial charge in [-0.3, -0.25) is 9.88 Å². The van der Waals surface area contributed by atoms with Crippen LogP contribution in [-0.2, 0) is 6.54 Å². The molecule has 0 atom stereocenters. The summed E-state index contributed by atoms with van der Waals surface area (Å²) in [4.78, 5) is 18.0. The average molecular weight is 354 g/mol. The Hall–Kier alpha value is -2.81. The smallest absolute Gasteiger partial charge is 0.223 e. The molecule has 1 aliphatic heterocycles. The van der Waals surface area contributed by atoms with E-state index >= 15 is 0 Å². The van der Waals surface area contributed by atoms with Crippen molar-refractivity contribution in [2.75, 3.05) is 31.1 Å². The molecule has 0 amide bonds. The summed E-state index contributed by atoms with van der Waals surface area (Å²) in [5.74, 6) is 2.97. The zero-order valence-corrected chi connectivity index (χ0v) is 15.3. The van der Waals surface area contributed by atoms with Crippen LogP contribution in [0.1, 0.15) is 23.1 Å². The Morgan fingerprint density at radius 3 is 2.42 bits per heavy atom. The van der Waals surface area contributed by atoms with E-state index in [9.17, 15) is 0 Å². The van der Waals surface area contributed by atoms with E-state index in [0.29, 0.717) is 12.4 Å². The summed E-state index contributed by atoms with van der Waals surface area (Å²) in [5.41, 5.74) is 2.02. The fourth-order valence-corrected chi connectivity index (χ4v) is 3.20. The second-order valence-electron chi connectivity index (χ2n) is 6.57. The highest BCUT2D eigenvalue weighted by atomic mass is 16.5. The number of nitrogens with zero attached hydrogens (tertiary/aromatic N) is 8. The Morgan fingerprint density at radius 2 is 1.77 bits per heavy atom. The van der Waals surface area contributed by atoms with Gasteiger partial charge in [0, 0.05) is 38.8 Å². The van der Waals surface area contributed by atoms with Gasteiger partial charge >= 0.3 is 0 Å². The third-order valence-corrected chi connectivity index (χ3v) is 4.47. The molecule has 4 heterocycles. The molecule has 1 saturated heterocycles. The third kappa shape index (κ3) is 3.43. The largest absolute Gasteiger partial charge is 0.353 e. The van der Waals surface area contributed by atoms with E-state index in [0.717, 1.165) is 55.0 Å². The maximum atomic E-state index is 5.04. The zero-order chi connectivity index (χ0) is 18.1. The molecule has 0 bridgehead atoms. The normalized spacial score (nSPS) is 15.6. The predicted molar refractivity (Wildman–Crippen MR) is 95.2 cm³/mol. The minimum absolute atomic E-state index is 0.606. The molecule has 9 nitrogen and oxygen atoms in total. The molecule has 4 rings (SSSR count). The summed E-state index contributed by atoms with van der Waals surface area (Å²) in [6.07, 6.45) is 3.56. The molecule has 0 unspecified atom stereocenters. The molecule has 0 spiro atoms. The quantitative estimate of drug-likeness (QED) is 0.692. The van der Waals surface area contributed by atoms with Gasteiger partial charge in [0.05, 0.1) is 24.6 Å². The van der Waals surface area contributed by atoms with Crippen LogP contribution in [0.4, 0.5) is 5.82 Å². The van der Waals surface area contributed by atoms with E-state index in [1.165, 1.54) is 0 Å². The van der Waals surface area contributed by atoms with Gasteiger partial charge in [-0.15, -0.1) is 0 Å². The van der Waals surface area contributed by atoms with Gasteiger partial charge in [-0.2, -0.15) is 10.1 Å². The first-order chi connectivity index (χ1) is 12.6. The molecule has 0 radical (unpaired) electrons. The molecule has 0 aromatic carbocycles. The summed E-state index contributed by atoms with van der Waals surface area (Å²) in [6.45, 7) is 10.1. The van der Waals surface area contributed by atoms with Crippen LogP contribution in [0.2, 0.25) is 0 Å². The number of aromatic nitrogens is 6. The van der Waals surface area contributed by atoms with E-state index < -0.39 is 0 Å². The van der Waals surface area contributed by atoms with E-state index in [1.54, 1.807) is 6.20 Å². The molecule has 1 aliphatic rings. The van der Waals surface area contributed by atoms with Gasteiger partial charge in [-0.1, -0.05) is 5.16 Å². The molecule has 3 aromatic rings. The second-order valence-corrected chi connectivity index (χ2v) is 6.57. The van der Waals surface area contributed by atoms with Crippen molar-refractivity contribution in [2.24, 2.45) is 0 Å². The van der Waals surface area contributed by atoms with Crippen LogP contribution in [-0.4, -0.2) is 61.0 Å². The minimum atomic E-state index is 0.606. The first-order valence-corrected chi connectivity index (χ1v) is 8.70. The van der Waals surface area contributed by atoms with Crippen LogP contribution in [0.25, 0.3) is 5.82 Å². The highest BCUT2D eigenvalue weighted by molar-refractivity contribution is 5.40. The van der Waals surface area contributed by atoms with Gasteiger partial charge in [-0.05, 0) is 19.9 Å². The summed E-state index contributed by atoms with van der Waals surface area (Å²) in [6, 6.07) is 2.03. The van der Waals surface area contributed by atoms with Crippen molar-refractivity contribution >= 4 is 5.82 Å². The molecular formula is C17H22N8O. The maximum absolute atomic E-state index is 5.04. The van der Waals surface area contributed by atoms with Crippen LogP contribution in [0.5, 0.6) is 0 Å². The number of aryl methyl sites for hydroxylation is 3. The van der Waals surface area contributed by atoms with Gasteiger partial charge in [0.1, 0.15) is 5.82 Å². The molecule has 26 heavy (non-hydrogen) atoms. The van der Waals surface area contributed by atoms with Crippen molar-refractivity contribution < 1.29 is 4.52 Å². The van der Waals surface area contributed by atoms with Crippen LogP contribution < -0.4 is 4.90 Å². The number of hydrogen-bond donors (Lipinski definition) is 0. The first-order valence-electron chi connectivity index (χ1n) is 8.70. The molecule has 9 heteroatoms. The first kappa shape index (κ1) is 16.6. The molecular weight excluding hydrogens is 332 g/mol. The van der Waals surface area contributed by atoms with Gasteiger partial charge in [0.25, 0.3) is 0 Å². The molecule has 1 fully saturated rings. The van der Waals surface area contributed by atoms with Crippen LogP contribution in [0, 0.1) is 20.8 Å². The van der Waals surface area contributed by atoms with Crippen molar-refractivity contribution in [3.05, 3.63) is 41.6 Å². The van der Waals surface area contributed by atoms with Crippen molar-refractivity contribution in [3.8, 4) is 5.82 Å². The van der Waals surface area contributed by atoms with Crippen molar-refractivity contribution in [1.29, 1.82) is 0 Å². The Morgan fingerprint density at radius 1 is 1.00 bits per heavy atom. The highest BCUT2D eigenvalue weighted by Crippen LogP contribution is 2.16. The summed E-state index contributed by atoms with van der Waals surface area (Å²) >= 11 is 0. The van der Waals surface area contributed by atoms with Gasteiger partial charge in [-0.25, -0.2) is 9.67 Å². The highest BCUT2D eigenvalue weighted by Gasteiger charge is 2.20. The standard InChI is InChI=1S/C17H22N8O/c1-12-8-13(2)25(21-12)17-10-18-9-16(20-17)24-6-4-23(5-7-24)11-15-19-14(3)26-22-15/h8-10H,4-7,11H2,1-3H3. The van der Waals surface area contributed by atoms with Crippen LogP contribution in [0.15, 0.2) is 23.0 Å². The summed E-state index contributed by atoms with van der Waals surface area (Å²) in [7, 11) is 0. The predicted octanol–water partition coefficient (Wildman–Crippen LogP) is 1.29. The van der Waals surface area contributed by atoms with Gasteiger partial charge in [0.15, 0.2) is 11.6 Å². The molecule has 0 aliphatic carbocycles. The van der Waals surface area contributed by atoms with E-state index in [-0.39, 0.29) is 0 Å². The SMILES string of the molecule is Cc1cc(C)n(-c2cncc(N3CCN(Cc4noc(C)n4)CC3)n2)n1. The monoisotopic (exact) mass is 354 g/mol. The Labute approximate surface area is 151 Å². The molecule has 136 valence electrons. The Balaban J connectivity index is 1.43. The lowest BCUT2D eigenvalue weighted by molar-refractivity contribution is 0.239. The second kappa shape index (κ2) is 6.83. The lowest BCUT2D eigenvalue weighted by Crippen LogP contribution is -2.46. The van der Waals surface area contributed by atoms with Gasteiger partial charge in [0.2, 0.25) is 5.89 Å². The van der Waals surface area contributed by atoms with Crippen molar-refractivity contribution in [1.82, 2.24) is 34.8 Å². The average Bonchev–Trinajstić information content (AvgIpc) is 3.20. The maximum Gasteiger partial charge on any atom is 0.223 e. The lowest BCUT2D eigenvalue weighted by atomic mass is 10.3. The van der Waals surface area contributed by atoms with E-state index in [1.807, 2.05) is 37.7 Å². The van der Waals surface area contributed by atoms with E-state index in [2.05, 4.69) is 30.0 Å². The topological polar surface area (TPSA) is 89.0 Å². The van der Waals surface area contributed by atoms with Crippen molar-refractivity contribution in [3.63, 3.8) is 0 Å². The molecule has 3 aromatic heterocycles. The number of rotatable bonds is 4. The fourth-order valence-electron chi connectivity index (χ4n) is 3.20. The number of piperazine rings is 1. The van der Waals surface area contributed by atoms with Crippen LogP contribution in [0.3, 0.4) is 0 Å². The Bertz CT molecular complexity index is 894. The fraction of sp³-hybridized carbons (Fsp3) is 0.471. The molecule has 0 saturated carbocycles. The molecule has 0 N–H and O–H groups in total. The summed E-state index contributed by atoms with van der Waals surface area (Å²) < 4.78 is 6.87. The Kier molecular flexibility index (Phi) is 4.37. The van der Waals surface area contributed by atoms with E-state index in [4.69, 9.17) is 9.51 Å². The van der Waals surface area contributed by atoms with Crippen molar-refractivity contribution in [2.45, 2.75) is 27.3 Å². The summed E-state index contributed by atoms with van der Waals surface area (Å²) in [5, 5.41) is 8.46. The number of anilines is 1.